The van der Waals surface area contributed by atoms with Crippen LogP contribution >= 0.6 is 35.8 Å². The minimum Gasteiger partial charge on any atom is -0.342 e. The average Bonchev–Trinajstić information content (AvgIpc) is 2.60. The molecule has 0 aromatic heterocycles. The second-order valence-electron chi connectivity index (χ2n) is 5.83. The van der Waals surface area contributed by atoms with E-state index in [-0.39, 0.29) is 18.3 Å². The molecule has 6 heteroatoms. The lowest BCUT2D eigenvalue weighted by molar-refractivity contribution is -0.129. The highest BCUT2D eigenvalue weighted by atomic mass is 35.5. The number of rotatable bonds is 4. The Kier molecular flexibility index (Phi) is 7.23. The van der Waals surface area contributed by atoms with Crippen LogP contribution in [0.5, 0.6) is 0 Å². The van der Waals surface area contributed by atoms with Crippen LogP contribution in [-0.4, -0.2) is 42.7 Å². The summed E-state index contributed by atoms with van der Waals surface area (Å²) in [6.07, 6.45) is 2.07. The molecule has 1 N–H and O–H groups in total. The molecule has 3 rings (SSSR count). The molecule has 1 fully saturated rings. The first kappa shape index (κ1) is 19.4. The lowest BCUT2D eigenvalue weighted by Crippen LogP contribution is -2.44. The van der Waals surface area contributed by atoms with E-state index in [1.54, 1.807) is 11.8 Å². The van der Waals surface area contributed by atoms with Crippen molar-refractivity contribution in [2.45, 2.75) is 23.8 Å². The topological polar surface area (TPSA) is 32.3 Å². The van der Waals surface area contributed by atoms with Gasteiger partial charge in [-0.1, -0.05) is 35.9 Å². The van der Waals surface area contributed by atoms with Gasteiger partial charge in [0.2, 0.25) is 5.91 Å². The molecule has 0 unspecified atom stereocenters. The van der Waals surface area contributed by atoms with Crippen molar-refractivity contribution in [3.8, 4) is 0 Å². The van der Waals surface area contributed by atoms with Gasteiger partial charge in [-0.3, -0.25) is 4.79 Å². The first-order chi connectivity index (χ1) is 11.2. The van der Waals surface area contributed by atoms with E-state index >= 15 is 0 Å². The zero-order valence-corrected chi connectivity index (χ0v) is 16.0. The maximum absolute atomic E-state index is 12.4. The summed E-state index contributed by atoms with van der Waals surface area (Å²) in [5.41, 5.74) is 0. The number of carbonyl (C=O) groups excluding carboxylic acids is 1. The van der Waals surface area contributed by atoms with Crippen molar-refractivity contribution >= 4 is 52.4 Å². The van der Waals surface area contributed by atoms with Gasteiger partial charge in [0, 0.05) is 34.4 Å². The summed E-state index contributed by atoms with van der Waals surface area (Å²) in [7, 11) is 1.99. The smallest absolute Gasteiger partial charge is 0.232 e. The SMILES string of the molecule is CNC1CCN(C(=O)CSc2cccc3cccc(Cl)c23)CC1.Cl. The van der Waals surface area contributed by atoms with E-state index in [9.17, 15) is 4.79 Å². The molecule has 24 heavy (non-hydrogen) atoms. The van der Waals surface area contributed by atoms with Gasteiger partial charge in [-0.15, -0.1) is 24.2 Å². The van der Waals surface area contributed by atoms with Gasteiger partial charge in [0.1, 0.15) is 0 Å². The maximum atomic E-state index is 12.4. The number of fused-ring (bicyclic) bond motifs is 1. The Morgan fingerprint density at radius 1 is 1.25 bits per heavy atom. The number of hydrogen-bond donors (Lipinski definition) is 1. The maximum Gasteiger partial charge on any atom is 0.232 e. The summed E-state index contributed by atoms with van der Waals surface area (Å²) in [5, 5.41) is 6.19. The Bertz CT molecular complexity index is 697. The standard InChI is InChI=1S/C18H21ClN2OS.ClH/c1-20-14-8-10-21(11-9-14)17(22)12-23-16-7-3-5-13-4-2-6-15(19)18(13)16;/h2-7,14,20H,8-12H2,1H3;1H. The highest BCUT2D eigenvalue weighted by molar-refractivity contribution is 8.00. The highest BCUT2D eigenvalue weighted by Crippen LogP contribution is 2.33. The molecular weight excluding hydrogens is 363 g/mol. The predicted octanol–water partition coefficient (Wildman–Crippen LogP) is 4.22. The van der Waals surface area contributed by atoms with E-state index in [0.717, 1.165) is 46.6 Å². The van der Waals surface area contributed by atoms with Gasteiger partial charge >= 0.3 is 0 Å². The summed E-state index contributed by atoms with van der Waals surface area (Å²) in [6.45, 7) is 1.70. The number of nitrogens with zero attached hydrogens (tertiary/aromatic N) is 1. The van der Waals surface area contributed by atoms with Crippen LogP contribution in [0.25, 0.3) is 10.8 Å². The molecule has 1 aliphatic heterocycles. The van der Waals surface area contributed by atoms with Crippen molar-refractivity contribution < 1.29 is 4.79 Å². The van der Waals surface area contributed by atoms with E-state index in [2.05, 4.69) is 17.4 Å². The Balaban J connectivity index is 0.00000208. The number of piperidine rings is 1. The van der Waals surface area contributed by atoms with E-state index in [1.165, 1.54) is 0 Å². The van der Waals surface area contributed by atoms with Crippen LogP contribution in [0.4, 0.5) is 0 Å². The molecular formula is C18H22Cl2N2OS. The van der Waals surface area contributed by atoms with Crippen LogP contribution in [0.3, 0.4) is 0 Å². The molecule has 0 saturated carbocycles. The third-order valence-corrected chi connectivity index (χ3v) is 5.78. The van der Waals surface area contributed by atoms with Crippen LogP contribution in [0, 0.1) is 0 Å². The van der Waals surface area contributed by atoms with Gasteiger partial charge < -0.3 is 10.2 Å². The van der Waals surface area contributed by atoms with Crippen LogP contribution < -0.4 is 5.32 Å². The lowest BCUT2D eigenvalue weighted by atomic mass is 10.1. The first-order valence-electron chi connectivity index (χ1n) is 7.94. The van der Waals surface area contributed by atoms with Crippen molar-refractivity contribution in [1.29, 1.82) is 0 Å². The van der Waals surface area contributed by atoms with Crippen LogP contribution in [0.15, 0.2) is 41.3 Å². The number of likely N-dealkylation sites (tertiary alicyclic amines) is 1. The van der Waals surface area contributed by atoms with Crippen molar-refractivity contribution in [2.24, 2.45) is 0 Å². The predicted molar refractivity (Wildman–Crippen MR) is 106 cm³/mol. The van der Waals surface area contributed by atoms with Crippen molar-refractivity contribution in [1.82, 2.24) is 10.2 Å². The van der Waals surface area contributed by atoms with E-state index in [4.69, 9.17) is 11.6 Å². The van der Waals surface area contributed by atoms with Gasteiger partial charge in [0.15, 0.2) is 0 Å². The first-order valence-corrected chi connectivity index (χ1v) is 9.30. The molecule has 0 aliphatic carbocycles. The molecule has 3 nitrogen and oxygen atoms in total. The molecule has 0 radical (unpaired) electrons. The molecule has 130 valence electrons. The van der Waals surface area contributed by atoms with E-state index < -0.39 is 0 Å². The van der Waals surface area contributed by atoms with Crippen LogP contribution in [0.1, 0.15) is 12.8 Å². The monoisotopic (exact) mass is 384 g/mol. The fourth-order valence-electron chi connectivity index (χ4n) is 3.03. The van der Waals surface area contributed by atoms with Crippen molar-refractivity contribution in [3.63, 3.8) is 0 Å². The summed E-state index contributed by atoms with van der Waals surface area (Å²) in [5.74, 6) is 0.683. The van der Waals surface area contributed by atoms with E-state index in [0.29, 0.717) is 11.8 Å². The number of nitrogens with one attached hydrogen (secondary N) is 1. The largest absolute Gasteiger partial charge is 0.342 e. The number of carbonyl (C=O) groups is 1. The fraction of sp³-hybridized carbons (Fsp3) is 0.389. The summed E-state index contributed by atoms with van der Waals surface area (Å²) in [6, 6.07) is 12.6. The Morgan fingerprint density at radius 2 is 1.92 bits per heavy atom. The minimum atomic E-state index is 0. The van der Waals surface area contributed by atoms with Gasteiger partial charge in [-0.05, 0) is 37.4 Å². The van der Waals surface area contributed by atoms with E-state index in [1.807, 2.05) is 36.2 Å². The average molecular weight is 385 g/mol. The molecule has 1 saturated heterocycles. The number of halogens is 2. The molecule has 0 atom stereocenters. The van der Waals surface area contributed by atoms with Gasteiger partial charge in [-0.25, -0.2) is 0 Å². The summed E-state index contributed by atoms with van der Waals surface area (Å²) < 4.78 is 0. The highest BCUT2D eigenvalue weighted by Gasteiger charge is 2.21. The number of hydrogen-bond acceptors (Lipinski definition) is 3. The molecule has 1 heterocycles. The van der Waals surface area contributed by atoms with Crippen LogP contribution in [0.2, 0.25) is 5.02 Å². The zero-order chi connectivity index (χ0) is 16.2. The lowest BCUT2D eigenvalue weighted by Gasteiger charge is -2.31. The molecule has 1 amide bonds. The minimum absolute atomic E-state index is 0. The number of amides is 1. The molecule has 2 aromatic rings. The Hall–Kier alpha value is -0.940. The normalized spacial score (nSPS) is 15.3. The second kappa shape index (κ2) is 8.95. The van der Waals surface area contributed by atoms with Gasteiger partial charge in [0.05, 0.1) is 5.75 Å². The quantitative estimate of drug-likeness (QED) is 0.800. The van der Waals surface area contributed by atoms with Crippen LogP contribution in [-0.2, 0) is 4.79 Å². The fourth-order valence-corrected chi connectivity index (χ4v) is 4.38. The molecule has 2 aromatic carbocycles. The Morgan fingerprint density at radius 3 is 2.58 bits per heavy atom. The third kappa shape index (κ3) is 4.37. The zero-order valence-electron chi connectivity index (χ0n) is 13.6. The van der Waals surface area contributed by atoms with Crippen molar-refractivity contribution in [2.75, 3.05) is 25.9 Å². The number of benzene rings is 2. The third-order valence-electron chi connectivity index (χ3n) is 4.42. The second-order valence-corrected chi connectivity index (χ2v) is 7.25. The molecule has 0 spiro atoms. The molecule has 1 aliphatic rings. The Labute approximate surface area is 158 Å². The van der Waals surface area contributed by atoms with Gasteiger partial charge in [-0.2, -0.15) is 0 Å². The van der Waals surface area contributed by atoms with Gasteiger partial charge in [0.25, 0.3) is 0 Å². The number of thioether (sulfide) groups is 1. The summed E-state index contributed by atoms with van der Waals surface area (Å²) in [4.78, 5) is 15.5. The summed E-state index contributed by atoms with van der Waals surface area (Å²) >= 11 is 7.92. The molecule has 0 bridgehead atoms. The van der Waals surface area contributed by atoms with Crippen molar-refractivity contribution in [3.05, 3.63) is 41.4 Å².